The number of hydrogen-bond acceptors (Lipinski definition) is 5. The summed E-state index contributed by atoms with van der Waals surface area (Å²) in [5.74, 6) is 0.645. The Labute approximate surface area is 195 Å². The molecule has 0 spiro atoms. The molecule has 1 heterocycles. The third-order valence-electron chi connectivity index (χ3n) is 4.28. The first-order valence-corrected chi connectivity index (χ1v) is 11.0. The lowest BCUT2D eigenvalue weighted by atomic mass is 10.2. The summed E-state index contributed by atoms with van der Waals surface area (Å²) in [6.07, 6.45) is 2.30. The molecule has 6 nitrogen and oxygen atoms in total. The largest absolute Gasteiger partial charge is 0.493 e. The third kappa shape index (κ3) is 5.17. The second-order valence-electron chi connectivity index (χ2n) is 6.49. The van der Waals surface area contributed by atoms with Crippen LogP contribution in [0, 0.1) is 0 Å². The van der Waals surface area contributed by atoms with Crippen molar-refractivity contribution in [1.29, 1.82) is 0 Å². The van der Waals surface area contributed by atoms with E-state index in [0.29, 0.717) is 27.7 Å². The summed E-state index contributed by atoms with van der Waals surface area (Å²) < 4.78 is 18.5. The summed E-state index contributed by atoms with van der Waals surface area (Å²) in [7, 11) is 1.54. The molecule has 3 rings (SSSR count). The fourth-order valence-electron chi connectivity index (χ4n) is 2.62. The molecule has 0 saturated heterocycles. The first-order chi connectivity index (χ1) is 14.3. The van der Waals surface area contributed by atoms with E-state index in [9.17, 15) is 4.79 Å². The number of fused-ring (bicyclic) bond motifs is 1. The normalized spacial score (nSPS) is 12.3. The number of nitrogens with one attached hydrogen (secondary N) is 1. The highest BCUT2D eigenvalue weighted by Gasteiger charge is 2.15. The van der Waals surface area contributed by atoms with E-state index in [1.807, 2.05) is 26.0 Å². The highest BCUT2D eigenvalue weighted by Crippen LogP contribution is 2.37. The molecule has 158 valence electrons. The van der Waals surface area contributed by atoms with Crippen LogP contribution in [0.2, 0.25) is 5.02 Å². The van der Waals surface area contributed by atoms with Crippen LogP contribution < -0.4 is 14.9 Å². The fraction of sp³-hybridized carbons (Fsp3) is 0.238. The Morgan fingerprint density at radius 3 is 2.77 bits per heavy atom. The molecule has 0 aliphatic carbocycles. The van der Waals surface area contributed by atoms with Gasteiger partial charge in [0, 0.05) is 9.86 Å². The lowest BCUT2D eigenvalue weighted by Gasteiger charge is -2.17. The number of ether oxygens (including phenoxy) is 2. The SMILES string of the molecule is CC[C@H](C)Oc1c(Cl)cc(/C=N\NC(=O)c2cc3cc(Br)cc(Br)c3o2)cc1OC. The molecule has 0 aliphatic rings. The predicted octanol–water partition coefficient (Wildman–Crippen LogP) is 6.56. The molecule has 0 bridgehead atoms. The van der Waals surface area contributed by atoms with Crippen molar-refractivity contribution >= 4 is 66.6 Å². The van der Waals surface area contributed by atoms with E-state index in [-0.39, 0.29) is 11.9 Å². The Morgan fingerprint density at radius 1 is 1.30 bits per heavy atom. The van der Waals surface area contributed by atoms with Crippen LogP contribution in [0.4, 0.5) is 0 Å². The van der Waals surface area contributed by atoms with E-state index >= 15 is 0 Å². The zero-order chi connectivity index (χ0) is 21.8. The minimum atomic E-state index is -0.472. The van der Waals surface area contributed by atoms with Crippen molar-refractivity contribution in [2.45, 2.75) is 26.4 Å². The van der Waals surface area contributed by atoms with Gasteiger partial charge in [0.15, 0.2) is 17.3 Å². The minimum Gasteiger partial charge on any atom is -0.493 e. The van der Waals surface area contributed by atoms with Crippen molar-refractivity contribution in [2.75, 3.05) is 7.11 Å². The van der Waals surface area contributed by atoms with Gasteiger partial charge >= 0.3 is 5.91 Å². The molecule has 0 fully saturated rings. The maximum atomic E-state index is 12.4. The number of methoxy groups -OCH3 is 1. The number of benzene rings is 2. The number of furan rings is 1. The van der Waals surface area contributed by atoms with Crippen LogP contribution in [-0.2, 0) is 0 Å². The molecular formula is C21H19Br2ClN2O4. The van der Waals surface area contributed by atoms with E-state index in [1.165, 1.54) is 13.3 Å². The Balaban J connectivity index is 1.75. The molecule has 0 radical (unpaired) electrons. The highest BCUT2D eigenvalue weighted by atomic mass is 79.9. The first-order valence-electron chi connectivity index (χ1n) is 9.08. The topological polar surface area (TPSA) is 73.1 Å². The second kappa shape index (κ2) is 9.85. The van der Waals surface area contributed by atoms with Crippen LogP contribution in [0.3, 0.4) is 0 Å². The third-order valence-corrected chi connectivity index (χ3v) is 5.61. The van der Waals surface area contributed by atoms with Gasteiger partial charge in [0.25, 0.3) is 0 Å². The molecule has 30 heavy (non-hydrogen) atoms. The van der Waals surface area contributed by atoms with Crippen molar-refractivity contribution in [3.8, 4) is 11.5 Å². The van der Waals surface area contributed by atoms with Gasteiger partial charge in [0.05, 0.1) is 28.9 Å². The molecule has 2 aromatic carbocycles. The lowest BCUT2D eigenvalue weighted by molar-refractivity contribution is 0.0929. The highest BCUT2D eigenvalue weighted by molar-refractivity contribution is 9.11. The number of amides is 1. The summed E-state index contributed by atoms with van der Waals surface area (Å²) in [6.45, 7) is 3.98. The Morgan fingerprint density at radius 2 is 2.07 bits per heavy atom. The summed E-state index contributed by atoms with van der Waals surface area (Å²) in [5, 5.41) is 5.18. The Kier molecular flexibility index (Phi) is 7.44. The van der Waals surface area contributed by atoms with Gasteiger partial charge < -0.3 is 13.9 Å². The van der Waals surface area contributed by atoms with Gasteiger partial charge in [-0.2, -0.15) is 5.10 Å². The van der Waals surface area contributed by atoms with Gasteiger partial charge in [-0.05, 0) is 65.2 Å². The van der Waals surface area contributed by atoms with Gasteiger partial charge in [-0.3, -0.25) is 4.79 Å². The molecule has 0 aliphatic heterocycles. The molecule has 0 unspecified atom stereocenters. The van der Waals surface area contributed by atoms with Gasteiger partial charge in [0.2, 0.25) is 0 Å². The number of hydrazone groups is 1. The van der Waals surface area contributed by atoms with Crippen LogP contribution >= 0.6 is 43.5 Å². The number of halogens is 3. The summed E-state index contributed by atoms with van der Waals surface area (Å²) in [4.78, 5) is 12.4. The van der Waals surface area contributed by atoms with Gasteiger partial charge in [-0.15, -0.1) is 0 Å². The number of nitrogens with zero attached hydrogens (tertiary/aromatic N) is 1. The molecule has 1 aromatic heterocycles. The molecule has 3 aromatic rings. The van der Waals surface area contributed by atoms with E-state index < -0.39 is 5.91 Å². The number of carbonyl (C=O) groups is 1. The zero-order valence-electron chi connectivity index (χ0n) is 16.5. The van der Waals surface area contributed by atoms with Crippen LogP contribution in [0.15, 0.2) is 48.8 Å². The van der Waals surface area contributed by atoms with Crippen molar-refractivity contribution in [3.63, 3.8) is 0 Å². The van der Waals surface area contributed by atoms with Crippen LogP contribution in [-0.4, -0.2) is 25.3 Å². The monoisotopic (exact) mass is 556 g/mol. The van der Waals surface area contributed by atoms with Gasteiger partial charge in [-0.25, -0.2) is 5.43 Å². The van der Waals surface area contributed by atoms with Crippen molar-refractivity contribution in [3.05, 3.63) is 55.6 Å². The molecule has 1 atom stereocenters. The average Bonchev–Trinajstić information content (AvgIpc) is 3.14. The molecular weight excluding hydrogens is 540 g/mol. The Bertz CT molecular complexity index is 1110. The van der Waals surface area contributed by atoms with Crippen LogP contribution in [0.25, 0.3) is 11.0 Å². The van der Waals surface area contributed by atoms with E-state index in [2.05, 4.69) is 42.4 Å². The summed E-state index contributed by atoms with van der Waals surface area (Å²) in [6, 6.07) is 8.78. The fourth-order valence-corrected chi connectivity index (χ4v) is 4.22. The van der Waals surface area contributed by atoms with E-state index in [0.717, 1.165) is 20.8 Å². The summed E-state index contributed by atoms with van der Waals surface area (Å²) in [5.41, 5.74) is 3.68. The summed E-state index contributed by atoms with van der Waals surface area (Å²) >= 11 is 13.2. The standard InChI is InChI=1S/C21H19Br2ClN2O4/c1-4-11(2)29-20-16(24)5-12(6-17(20)28-3)10-25-26-21(27)18-8-13-7-14(22)9-15(23)19(13)30-18/h5-11H,4H2,1-3H3,(H,26,27)/b25-10-/t11-/m0/s1. The number of hydrogen-bond donors (Lipinski definition) is 1. The molecule has 1 N–H and O–H groups in total. The maximum absolute atomic E-state index is 12.4. The van der Waals surface area contributed by atoms with Gasteiger partial charge in [-0.1, -0.05) is 34.5 Å². The van der Waals surface area contributed by atoms with Crippen LogP contribution in [0.1, 0.15) is 36.4 Å². The van der Waals surface area contributed by atoms with E-state index in [4.69, 9.17) is 25.5 Å². The minimum absolute atomic E-state index is 0.000301. The quantitative estimate of drug-likeness (QED) is 0.263. The van der Waals surface area contributed by atoms with Crippen molar-refractivity contribution in [1.82, 2.24) is 5.43 Å². The van der Waals surface area contributed by atoms with Crippen molar-refractivity contribution < 1.29 is 18.7 Å². The zero-order valence-corrected chi connectivity index (χ0v) is 20.4. The predicted molar refractivity (Wildman–Crippen MR) is 125 cm³/mol. The van der Waals surface area contributed by atoms with Crippen molar-refractivity contribution in [2.24, 2.45) is 5.10 Å². The molecule has 9 heteroatoms. The number of carbonyl (C=O) groups excluding carboxylic acids is 1. The maximum Gasteiger partial charge on any atom is 0.307 e. The Hall–Kier alpha value is -2.03. The first kappa shape index (κ1) is 22.7. The molecule has 0 saturated carbocycles. The van der Waals surface area contributed by atoms with Crippen LogP contribution in [0.5, 0.6) is 11.5 Å². The smallest absolute Gasteiger partial charge is 0.307 e. The van der Waals surface area contributed by atoms with Gasteiger partial charge in [0.1, 0.15) is 5.58 Å². The molecule has 1 amide bonds. The average molecular weight is 559 g/mol. The number of rotatable bonds is 7. The lowest BCUT2D eigenvalue weighted by Crippen LogP contribution is -2.16. The van der Waals surface area contributed by atoms with E-state index in [1.54, 1.807) is 18.2 Å². The second-order valence-corrected chi connectivity index (χ2v) is 8.66.